The molecule has 6 heteroatoms. The van der Waals surface area contributed by atoms with E-state index in [4.69, 9.17) is 20.2 Å². The molecule has 3 aromatic carbocycles. The minimum atomic E-state index is 0.592. The van der Waals surface area contributed by atoms with E-state index in [9.17, 15) is 0 Å². The van der Waals surface area contributed by atoms with Crippen molar-refractivity contribution < 1.29 is 9.47 Å². The van der Waals surface area contributed by atoms with Crippen molar-refractivity contribution >= 4 is 22.4 Å². The molecule has 1 aromatic heterocycles. The van der Waals surface area contributed by atoms with Gasteiger partial charge in [0.1, 0.15) is 29.7 Å². The maximum absolute atomic E-state index is 6.06. The van der Waals surface area contributed by atoms with Crippen LogP contribution in [0.1, 0.15) is 11.4 Å². The lowest BCUT2D eigenvalue weighted by Gasteiger charge is -2.23. The molecule has 2 heterocycles. The van der Waals surface area contributed by atoms with E-state index in [0.29, 0.717) is 13.2 Å². The minimum Gasteiger partial charge on any atom is -0.497 e. The Bertz CT molecular complexity index is 1250. The highest BCUT2D eigenvalue weighted by atomic mass is 16.5. The first kappa shape index (κ1) is 19.2. The molecular formula is C25H24N4O2. The number of fused-ring (bicyclic) bond motifs is 2. The first-order valence-corrected chi connectivity index (χ1v) is 10.3. The molecule has 2 N–H and O–H groups in total. The molecule has 0 fully saturated rings. The second kappa shape index (κ2) is 7.80. The highest BCUT2D eigenvalue weighted by Gasteiger charge is 2.20. The maximum atomic E-state index is 6.06. The van der Waals surface area contributed by atoms with Crippen molar-refractivity contribution in [2.75, 3.05) is 30.9 Å². The summed E-state index contributed by atoms with van der Waals surface area (Å²) in [6.07, 6.45) is 0. The van der Waals surface area contributed by atoms with Crippen LogP contribution in [0.25, 0.3) is 22.0 Å². The predicted octanol–water partition coefficient (Wildman–Crippen LogP) is 4.60. The smallest absolute Gasteiger partial charge is 0.140 e. The molecule has 156 valence electrons. The molecule has 0 aliphatic carbocycles. The highest BCUT2D eigenvalue weighted by Crippen LogP contribution is 2.33. The Labute approximate surface area is 181 Å². The number of hydrogen-bond acceptors (Lipinski definition) is 6. The summed E-state index contributed by atoms with van der Waals surface area (Å²) in [6, 6.07) is 20.2. The lowest BCUT2D eigenvalue weighted by molar-refractivity contribution is 0.331. The van der Waals surface area contributed by atoms with Gasteiger partial charge in [0.05, 0.1) is 19.2 Å². The van der Waals surface area contributed by atoms with Gasteiger partial charge >= 0.3 is 0 Å². The van der Waals surface area contributed by atoms with Crippen LogP contribution in [0.2, 0.25) is 0 Å². The standard InChI is InChI=1S/C25H24N4O2/c1-16-27-23-14-21(30-2)8-9-22(23)25(28-16)29-11-12-31-24-10-5-18(13-19(24)15-29)17-3-6-20(26)7-4-17/h3-10,13-14H,11-12,15,26H2,1-2H3. The lowest BCUT2D eigenvalue weighted by Crippen LogP contribution is -2.26. The Morgan fingerprint density at radius 1 is 0.968 bits per heavy atom. The molecule has 5 rings (SSSR count). The maximum Gasteiger partial charge on any atom is 0.140 e. The quantitative estimate of drug-likeness (QED) is 0.496. The molecule has 1 aliphatic heterocycles. The van der Waals surface area contributed by atoms with E-state index in [2.05, 4.69) is 28.1 Å². The van der Waals surface area contributed by atoms with Gasteiger partial charge in [-0.25, -0.2) is 9.97 Å². The van der Waals surface area contributed by atoms with Gasteiger partial charge < -0.3 is 20.1 Å². The second-order valence-corrected chi connectivity index (χ2v) is 7.69. The molecule has 0 radical (unpaired) electrons. The zero-order chi connectivity index (χ0) is 21.4. The Morgan fingerprint density at radius 2 is 1.77 bits per heavy atom. The second-order valence-electron chi connectivity index (χ2n) is 7.69. The van der Waals surface area contributed by atoms with Gasteiger partial charge in [-0.3, -0.25) is 0 Å². The molecule has 0 spiro atoms. The summed E-state index contributed by atoms with van der Waals surface area (Å²) in [4.78, 5) is 11.7. The van der Waals surface area contributed by atoms with Crippen LogP contribution in [0, 0.1) is 6.92 Å². The van der Waals surface area contributed by atoms with E-state index in [1.807, 2.05) is 49.4 Å². The molecule has 0 unspecified atom stereocenters. The van der Waals surface area contributed by atoms with Gasteiger partial charge in [-0.2, -0.15) is 0 Å². The molecule has 6 nitrogen and oxygen atoms in total. The lowest BCUT2D eigenvalue weighted by atomic mass is 10.0. The number of anilines is 2. The van der Waals surface area contributed by atoms with Crippen molar-refractivity contribution in [2.45, 2.75) is 13.5 Å². The average Bonchev–Trinajstić information content (AvgIpc) is 3.00. The van der Waals surface area contributed by atoms with Gasteiger partial charge in [0.25, 0.3) is 0 Å². The zero-order valence-electron chi connectivity index (χ0n) is 17.6. The van der Waals surface area contributed by atoms with Crippen LogP contribution in [-0.4, -0.2) is 30.2 Å². The molecule has 0 atom stereocenters. The van der Waals surface area contributed by atoms with Crippen LogP contribution in [-0.2, 0) is 6.54 Å². The molecule has 0 saturated carbocycles. The van der Waals surface area contributed by atoms with E-state index < -0.39 is 0 Å². The zero-order valence-corrected chi connectivity index (χ0v) is 17.6. The molecule has 0 saturated heterocycles. The van der Waals surface area contributed by atoms with Crippen molar-refractivity contribution in [3.8, 4) is 22.6 Å². The van der Waals surface area contributed by atoms with Crippen LogP contribution in [0.4, 0.5) is 11.5 Å². The third-order valence-electron chi connectivity index (χ3n) is 5.58. The fourth-order valence-corrected chi connectivity index (χ4v) is 4.00. The largest absolute Gasteiger partial charge is 0.497 e. The van der Waals surface area contributed by atoms with Crippen LogP contribution in [0.5, 0.6) is 11.5 Å². The Hall–Kier alpha value is -3.80. The Morgan fingerprint density at radius 3 is 2.58 bits per heavy atom. The fraction of sp³-hybridized carbons (Fsp3) is 0.200. The van der Waals surface area contributed by atoms with Gasteiger partial charge in [-0.05, 0) is 54.4 Å². The summed E-state index contributed by atoms with van der Waals surface area (Å²) in [5.74, 6) is 3.35. The summed E-state index contributed by atoms with van der Waals surface area (Å²) in [5.41, 5.74) is 10.9. The van der Waals surface area contributed by atoms with Crippen molar-refractivity contribution in [3.05, 3.63) is 72.1 Å². The van der Waals surface area contributed by atoms with Crippen molar-refractivity contribution in [3.63, 3.8) is 0 Å². The van der Waals surface area contributed by atoms with Gasteiger partial charge in [-0.1, -0.05) is 18.2 Å². The fourth-order valence-electron chi connectivity index (χ4n) is 4.00. The number of benzene rings is 3. The first-order valence-electron chi connectivity index (χ1n) is 10.3. The van der Waals surface area contributed by atoms with Gasteiger partial charge in [0.2, 0.25) is 0 Å². The monoisotopic (exact) mass is 412 g/mol. The van der Waals surface area contributed by atoms with E-state index in [1.54, 1.807) is 7.11 Å². The number of hydrogen-bond donors (Lipinski definition) is 1. The van der Waals surface area contributed by atoms with Gasteiger partial charge in [0, 0.05) is 29.2 Å². The third kappa shape index (κ3) is 3.72. The van der Waals surface area contributed by atoms with Crippen molar-refractivity contribution in [2.24, 2.45) is 0 Å². The number of aromatic nitrogens is 2. The molecule has 0 bridgehead atoms. The summed E-state index contributed by atoms with van der Waals surface area (Å²) < 4.78 is 11.4. The molecule has 1 aliphatic rings. The van der Waals surface area contributed by atoms with Crippen molar-refractivity contribution in [1.82, 2.24) is 9.97 Å². The number of nitrogen functional groups attached to an aromatic ring is 1. The summed E-state index contributed by atoms with van der Waals surface area (Å²) in [5, 5.41) is 1.00. The first-order chi connectivity index (χ1) is 15.1. The van der Waals surface area contributed by atoms with E-state index in [0.717, 1.165) is 63.0 Å². The topological polar surface area (TPSA) is 73.5 Å². The number of nitrogens with zero attached hydrogens (tertiary/aromatic N) is 3. The van der Waals surface area contributed by atoms with Gasteiger partial charge in [0.15, 0.2) is 0 Å². The summed E-state index contributed by atoms with van der Waals surface area (Å²) in [6.45, 7) is 3.96. The number of methoxy groups -OCH3 is 1. The number of rotatable bonds is 3. The number of ether oxygens (including phenoxy) is 2. The highest BCUT2D eigenvalue weighted by molar-refractivity contribution is 5.90. The molecule has 31 heavy (non-hydrogen) atoms. The summed E-state index contributed by atoms with van der Waals surface area (Å²) in [7, 11) is 1.66. The van der Waals surface area contributed by atoms with Crippen LogP contribution in [0.15, 0.2) is 60.7 Å². The van der Waals surface area contributed by atoms with Crippen LogP contribution >= 0.6 is 0 Å². The van der Waals surface area contributed by atoms with Crippen molar-refractivity contribution in [1.29, 1.82) is 0 Å². The summed E-state index contributed by atoms with van der Waals surface area (Å²) >= 11 is 0. The number of aryl methyl sites for hydroxylation is 1. The SMILES string of the molecule is COc1ccc2c(N3CCOc4ccc(-c5ccc(N)cc5)cc4C3)nc(C)nc2c1. The van der Waals surface area contributed by atoms with E-state index in [1.165, 1.54) is 0 Å². The number of nitrogens with two attached hydrogens (primary N) is 1. The average molecular weight is 412 g/mol. The minimum absolute atomic E-state index is 0.592. The van der Waals surface area contributed by atoms with E-state index >= 15 is 0 Å². The molecular weight excluding hydrogens is 388 g/mol. The van der Waals surface area contributed by atoms with E-state index in [-0.39, 0.29) is 0 Å². The molecule has 0 amide bonds. The molecule has 4 aromatic rings. The third-order valence-corrected chi connectivity index (χ3v) is 5.58. The normalized spacial score (nSPS) is 13.4. The van der Waals surface area contributed by atoms with Crippen LogP contribution in [0.3, 0.4) is 0 Å². The Kier molecular flexibility index (Phi) is 4.82. The van der Waals surface area contributed by atoms with Crippen LogP contribution < -0.4 is 20.1 Å². The predicted molar refractivity (Wildman–Crippen MR) is 124 cm³/mol. The van der Waals surface area contributed by atoms with Gasteiger partial charge in [-0.15, -0.1) is 0 Å². The Balaban J connectivity index is 1.55.